The number of anilines is 1. The summed E-state index contributed by atoms with van der Waals surface area (Å²) in [7, 11) is 0. The minimum absolute atomic E-state index is 0.516. The Balaban J connectivity index is 2.07. The van der Waals surface area contributed by atoms with E-state index < -0.39 is 0 Å². The first-order valence-electron chi connectivity index (χ1n) is 7.52. The summed E-state index contributed by atoms with van der Waals surface area (Å²) >= 11 is 0. The topological polar surface area (TPSA) is 51.4 Å². The van der Waals surface area contributed by atoms with E-state index in [9.17, 15) is 0 Å². The van der Waals surface area contributed by atoms with Crippen molar-refractivity contribution in [3.63, 3.8) is 0 Å². The van der Waals surface area contributed by atoms with E-state index in [-0.39, 0.29) is 0 Å². The Labute approximate surface area is 126 Å². The highest BCUT2D eigenvalue weighted by Gasteiger charge is 2.13. The van der Waals surface area contributed by atoms with Gasteiger partial charge in [0.2, 0.25) is 0 Å². The number of ether oxygens (including phenoxy) is 1. The molecule has 0 radical (unpaired) electrons. The monoisotopic (exact) mass is 287 g/mol. The van der Waals surface area contributed by atoms with E-state index in [1.54, 1.807) is 6.20 Å². The number of rotatable bonds is 6. The Kier molecular flexibility index (Phi) is 5.02. The summed E-state index contributed by atoms with van der Waals surface area (Å²) in [5.41, 5.74) is 7.39. The minimum atomic E-state index is 0.516. The van der Waals surface area contributed by atoms with Crippen LogP contribution in [0.25, 0.3) is 10.9 Å². The summed E-state index contributed by atoms with van der Waals surface area (Å²) in [4.78, 5) is 6.75. The Morgan fingerprint density at radius 3 is 2.52 bits per heavy atom. The van der Waals surface area contributed by atoms with Crippen molar-refractivity contribution in [2.45, 2.75) is 39.8 Å². The minimum Gasteiger partial charge on any atom is -0.491 e. The molecule has 0 aliphatic rings. The third-order valence-corrected chi connectivity index (χ3v) is 3.66. The van der Waals surface area contributed by atoms with Gasteiger partial charge in [-0.2, -0.15) is 0 Å². The van der Waals surface area contributed by atoms with Crippen molar-refractivity contribution in [2.24, 2.45) is 0 Å². The highest BCUT2D eigenvalue weighted by atomic mass is 16.5. The van der Waals surface area contributed by atoms with Crippen LogP contribution in [0.3, 0.4) is 0 Å². The van der Waals surface area contributed by atoms with E-state index in [0.717, 1.165) is 28.9 Å². The van der Waals surface area contributed by atoms with Crippen molar-refractivity contribution in [1.29, 1.82) is 0 Å². The van der Waals surface area contributed by atoms with E-state index in [0.29, 0.717) is 18.7 Å². The molecule has 21 heavy (non-hydrogen) atoms. The number of aromatic nitrogens is 1. The molecule has 0 aliphatic heterocycles. The first-order valence-corrected chi connectivity index (χ1v) is 7.52. The van der Waals surface area contributed by atoms with Crippen LogP contribution in [0.5, 0.6) is 5.75 Å². The first-order chi connectivity index (χ1) is 9.99. The van der Waals surface area contributed by atoms with Crippen molar-refractivity contribution in [1.82, 2.24) is 9.88 Å². The molecule has 0 saturated heterocycles. The van der Waals surface area contributed by atoms with E-state index in [1.807, 2.05) is 24.3 Å². The van der Waals surface area contributed by atoms with Crippen molar-refractivity contribution in [3.8, 4) is 5.75 Å². The second-order valence-electron chi connectivity index (χ2n) is 5.86. The summed E-state index contributed by atoms with van der Waals surface area (Å²) in [6.07, 6.45) is 1.76. The van der Waals surface area contributed by atoms with Crippen LogP contribution in [0.4, 0.5) is 5.69 Å². The Morgan fingerprint density at radius 2 is 1.86 bits per heavy atom. The van der Waals surface area contributed by atoms with Gasteiger partial charge in [-0.3, -0.25) is 9.88 Å². The normalized spacial score (nSPS) is 11.8. The fraction of sp³-hybridized carbons (Fsp3) is 0.471. The molecule has 0 unspecified atom stereocenters. The molecule has 2 rings (SSSR count). The van der Waals surface area contributed by atoms with E-state index in [4.69, 9.17) is 10.5 Å². The average Bonchev–Trinajstić information content (AvgIpc) is 2.42. The van der Waals surface area contributed by atoms with Gasteiger partial charge in [0.1, 0.15) is 12.4 Å². The molecule has 0 bridgehead atoms. The zero-order valence-electron chi connectivity index (χ0n) is 13.3. The van der Waals surface area contributed by atoms with Crippen LogP contribution in [0.15, 0.2) is 30.5 Å². The summed E-state index contributed by atoms with van der Waals surface area (Å²) in [6.45, 7) is 10.4. The summed E-state index contributed by atoms with van der Waals surface area (Å²) < 4.78 is 5.97. The number of nitrogen functional groups attached to an aromatic ring is 1. The van der Waals surface area contributed by atoms with Gasteiger partial charge < -0.3 is 10.5 Å². The van der Waals surface area contributed by atoms with E-state index in [2.05, 4.69) is 37.6 Å². The third kappa shape index (κ3) is 3.85. The van der Waals surface area contributed by atoms with Gasteiger partial charge in [-0.25, -0.2) is 0 Å². The molecule has 2 aromatic rings. The molecule has 0 aliphatic carbocycles. The molecular formula is C17H25N3O. The molecule has 2 N–H and O–H groups in total. The largest absolute Gasteiger partial charge is 0.491 e. The quantitative estimate of drug-likeness (QED) is 0.828. The predicted octanol–water partition coefficient (Wildman–Crippen LogP) is 3.31. The molecule has 0 spiro atoms. The van der Waals surface area contributed by atoms with Gasteiger partial charge in [0.05, 0.1) is 5.52 Å². The number of hydrogen-bond acceptors (Lipinski definition) is 4. The molecule has 4 nitrogen and oxygen atoms in total. The van der Waals surface area contributed by atoms with Crippen LogP contribution in [0.2, 0.25) is 0 Å². The number of nitrogens with two attached hydrogens (primary N) is 1. The summed E-state index contributed by atoms with van der Waals surface area (Å²) in [6, 6.07) is 8.66. The molecule has 0 saturated carbocycles. The van der Waals surface area contributed by atoms with Crippen molar-refractivity contribution >= 4 is 16.6 Å². The summed E-state index contributed by atoms with van der Waals surface area (Å²) in [5.74, 6) is 0.868. The molecule has 0 atom stereocenters. The van der Waals surface area contributed by atoms with Crippen molar-refractivity contribution in [3.05, 3.63) is 30.5 Å². The Bertz CT molecular complexity index is 588. The van der Waals surface area contributed by atoms with Crippen LogP contribution in [-0.4, -0.2) is 35.1 Å². The van der Waals surface area contributed by atoms with Gasteiger partial charge in [-0.05, 0) is 52.0 Å². The number of hydrogen-bond donors (Lipinski definition) is 1. The lowest BCUT2D eigenvalue weighted by molar-refractivity contribution is 0.142. The molecule has 4 heteroatoms. The molecule has 1 aromatic heterocycles. The maximum Gasteiger partial charge on any atom is 0.130 e. The molecule has 1 aromatic carbocycles. The van der Waals surface area contributed by atoms with Crippen LogP contribution in [0.1, 0.15) is 27.7 Å². The van der Waals surface area contributed by atoms with E-state index >= 15 is 0 Å². The fourth-order valence-electron chi connectivity index (χ4n) is 2.64. The zero-order valence-corrected chi connectivity index (χ0v) is 13.3. The molecule has 0 amide bonds. The number of fused-ring (bicyclic) bond motifs is 1. The fourth-order valence-corrected chi connectivity index (χ4v) is 2.64. The second-order valence-corrected chi connectivity index (χ2v) is 5.86. The van der Waals surface area contributed by atoms with Crippen LogP contribution >= 0.6 is 0 Å². The number of benzene rings is 1. The predicted molar refractivity (Wildman–Crippen MR) is 88.6 cm³/mol. The van der Waals surface area contributed by atoms with Crippen molar-refractivity contribution < 1.29 is 4.74 Å². The van der Waals surface area contributed by atoms with Gasteiger partial charge in [-0.15, -0.1) is 0 Å². The SMILES string of the molecule is CC(C)N(CCOc1ccnc2cc(N)ccc12)C(C)C. The first kappa shape index (κ1) is 15.6. The van der Waals surface area contributed by atoms with E-state index in [1.165, 1.54) is 0 Å². The Hall–Kier alpha value is -1.81. The van der Waals surface area contributed by atoms with Crippen LogP contribution in [0, 0.1) is 0 Å². The molecule has 1 heterocycles. The van der Waals surface area contributed by atoms with Gasteiger partial charge in [0, 0.05) is 35.9 Å². The number of pyridine rings is 1. The number of nitrogens with zero attached hydrogens (tertiary/aromatic N) is 2. The van der Waals surface area contributed by atoms with Gasteiger partial charge in [0.15, 0.2) is 0 Å². The lowest BCUT2D eigenvalue weighted by Gasteiger charge is -2.30. The maximum atomic E-state index is 5.97. The van der Waals surface area contributed by atoms with Gasteiger partial charge >= 0.3 is 0 Å². The smallest absolute Gasteiger partial charge is 0.130 e. The molecular weight excluding hydrogens is 262 g/mol. The Morgan fingerprint density at radius 1 is 1.14 bits per heavy atom. The van der Waals surface area contributed by atoms with Crippen molar-refractivity contribution in [2.75, 3.05) is 18.9 Å². The lowest BCUT2D eigenvalue weighted by Crippen LogP contribution is -2.39. The van der Waals surface area contributed by atoms with Crippen LogP contribution in [-0.2, 0) is 0 Å². The standard InChI is InChI=1S/C17H25N3O/c1-12(2)20(13(3)4)9-10-21-17-7-8-19-16-11-14(18)5-6-15(16)17/h5-8,11-13H,9-10,18H2,1-4H3. The van der Waals surface area contributed by atoms with Gasteiger partial charge in [0.25, 0.3) is 0 Å². The highest BCUT2D eigenvalue weighted by molar-refractivity contribution is 5.87. The lowest BCUT2D eigenvalue weighted by atomic mass is 10.2. The highest BCUT2D eigenvalue weighted by Crippen LogP contribution is 2.25. The average molecular weight is 287 g/mol. The summed E-state index contributed by atoms with van der Waals surface area (Å²) in [5, 5.41) is 1.01. The van der Waals surface area contributed by atoms with Gasteiger partial charge in [-0.1, -0.05) is 0 Å². The van der Waals surface area contributed by atoms with Crippen LogP contribution < -0.4 is 10.5 Å². The molecule has 0 fully saturated rings. The third-order valence-electron chi connectivity index (χ3n) is 3.66. The second kappa shape index (κ2) is 6.76. The molecule has 114 valence electrons. The zero-order chi connectivity index (χ0) is 15.4. The maximum absolute atomic E-state index is 5.97.